The quantitative estimate of drug-likeness (QED) is 0.758. The van der Waals surface area contributed by atoms with Crippen LogP contribution in [0.2, 0.25) is 0 Å². The van der Waals surface area contributed by atoms with Crippen LogP contribution in [-0.4, -0.2) is 36.5 Å². The molecule has 1 saturated heterocycles. The monoisotopic (exact) mass is 267 g/mol. The van der Waals surface area contributed by atoms with E-state index in [1.807, 2.05) is 30.3 Å². The minimum Gasteiger partial charge on any atom is -0.492 e. The summed E-state index contributed by atoms with van der Waals surface area (Å²) in [5.74, 6) is 1.65. The number of para-hydroxylation sites is 1. The minimum absolute atomic E-state index is 0.313. The van der Waals surface area contributed by atoms with Gasteiger partial charge in [0.05, 0.1) is 0 Å². The fourth-order valence-electron chi connectivity index (χ4n) is 2.45. The van der Waals surface area contributed by atoms with Gasteiger partial charge in [-0.1, -0.05) is 18.2 Å². The van der Waals surface area contributed by atoms with Crippen molar-refractivity contribution in [2.75, 3.05) is 26.2 Å². The number of hydrogen-bond donors (Lipinski definition) is 0. The van der Waals surface area contributed by atoms with Gasteiger partial charge in [0.15, 0.2) is 0 Å². The molecule has 1 aromatic carbocycles. The molecule has 3 heteroatoms. The lowest BCUT2D eigenvalue weighted by Crippen LogP contribution is -2.38. The lowest BCUT2D eigenvalue weighted by molar-refractivity contribution is 0.154. The zero-order chi connectivity index (χ0) is 12.8. The van der Waals surface area contributed by atoms with Gasteiger partial charge in [-0.25, -0.2) is 0 Å². The van der Waals surface area contributed by atoms with E-state index < -0.39 is 0 Å². The van der Waals surface area contributed by atoms with Crippen molar-refractivity contribution in [2.24, 2.45) is 5.92 Å². The van der Waals surface area contributed by atoms with Crippen LogP contribution in [0.15, 0.2) is 30.3 Å². The molecule has 1 aromatic rings. The predicted molar refractivity (Wildman–Crippen MR) is 76.4 cm³/mol. The topological polar surface area (TPSA) is 12.5 Å². The number of nitrogens with zero attached hydrogens (tertiary/aromatic N) is 1. The molecule has 0 N–H and O–H groups in total. The third-order valence-electron chi connectivity index (χ3n) is 3.70. The summed E-state index contributed by atoms with van der Waals surface area (Å²) in [6.45, 7) is 6.20. The molecule has 0 spiro atoms. The van der Waals surface area contributed by atoms with Gasteiger partial charge in [0, 0.05) is 11.9 Å². The number of alkyl halides is 1. The normalized spacial score (nSPS) is 19.7. The molecule has 0 aromatic heterocycles. The average Bonchev–Trinajstić information content (AvgIpc) is 2.40. The Bertz CT molecular complexity index is 334. The van der Waals surface area contributed by atoms with Crippen molar-refractivity contribution in [1.29, 1.82) is 0 Å². The summed E-state index contributed by atoms with van der Waals surface area (Å²) < 4.78 is 5.72. The molecular formula is C15H22ClNO. The van der Waals surface area contributed by atoms with Crippen molar-refractivity contribution < 1.29 is 4.74 Å². The van der Waals surface area contributed by atoms with Crippen molar-refractivity contribution in [3.63, 3.8) is 0 Å². The van der Waals surface area contributed by atoms with Gasteiger partial charge in [-0.2, -0.15) is 0 Å². The van der Waals surface area contributed by atoms with Gasteiger partial charge in [0.2, 0.25) is 0 Å². The molecule has 0 amide bonds. The molecule has 2 nitrogen and oxygen atoms in total. The van der Waals surface area contributed by atoms with Crippen LogP contribution in [0, 0.1) is 5.92 Å². The number of ether oxygens (including phenoxy) is 1. The summed E-state index contributed by atoms with van der Waals surface area (Å²) in [6, 6.07) is 10.0. The maximum atomic E-state index is 6.15. The number of rotatable bonds is 5. The molecule has 18 heavy (non-hydrogen) atoms. The lowest BCUT2D eigenvalue weighted by Gasteiger charge is -2.32. The minimum atomic E-state index is 0.313. The van der Waals surface area contributed by atoms with Crippen LogP contribution < -0.4 is 4.74 Å². The highest BCUT2D eigenvalue weighted by molar-refractivity contribution is 6.20. The Morgan fingerprint density at radius 2 is 1.94 bits per heavy atom. The molecule has 0 saturated carbocycles. The number of benzene rings is 1. The van der Waals surface area contributed by atoms with E-state index in [-0.39, 0.29) is 0 Å². The highest BCUT2D eigenvalue weighted by Crippen LogP contribution is 2.23. The van der Waals surface area contributed by atoms with E-state index in [2.05, 4.69) is 11.8 Å². The first-order valence-electron chi connectivity index (χ1n) is 6.80. The first-order valence-corrected chi connectivity index (χ1v) is 7.23. The summed E-state index contributed by atoms with van der Waals surface area (Å²) >= 11 is 6.15. The Hall–Kier alpha value is -0.730. The summed E-state index contributed by atoms with van der Waals surface area (Å²) in [5.41, 5.74) is 0. The zero-order valence-corrected chi connectivity index (χ0v) is 11.8. The van der Waals surface area contributed by atoms with Crippen LogP contribution in [0.4, 0.5) is 0 Å². The maximum absolute atomic E-state index is 6.15. The SMILES string of the molecule is CC(Cl)C1CCN(CCOc2ccccc2)CC1. The molecule has 0 aliphatic carbocycles. The van der Waals surface area contributed by atoms with E-state index in [1.54, 1.807) is 0 Å². The van der Waals surface area contributed by atoms with Crippen molar-refractivity contribution in [3.8, 4) is 5.75 Å². The van der Waals surface area contributed by atoms with Crippen molar-refractivity contribution in [2.45, 2.75) is 25.1 Å². The van der Waals surface area contributed by atoms with Gasteiger partial charge in [-0.15, -0.1) is 11.6 Å². The Morgan fingerprint density at radius 3 is 2.56 bits per heavy atom. The van der Waals surface area contributed by atoms with Crippen LogP contribution in [0.1, 0.15) is 19.8 Å². The molecule has 1 fully saturated rings. The molecule has 1 unspecified atom stereocenters. The first kappa shape index (κ1) is 13.7. The van der Waals surface area contributed by atoms with E-state index in [1.165, 1.54) is 12.8 Å². The van der Waals surface area contributed by atoms with Gasteiger partial charge in [0.1, 0.15) is 12.4 Å². The van der Waals surface area contributed by atoms with E-state index in [4.69, 9.17) is 16.3 Å². The number of hydrogen-bond acceptors (Lipinski definition) is 2. The molecule has 100 valence electrons. The summed E-state index contributed by atoms with van der Waals surface area (Å²) in [5, 5.41) is 0.313. The van der Waals surface area contributed by atoms with Crippen LogP contribution in [0.3, 0.4) is 0 Å². The first-order chi connectivity index (χ1) is 8.75. The van der Waals surface area contributed by atoms with Crippen molar-refractivity contribution in [1.82, 2.24) is 4.90 Å². The fraction of sp³-hybridized carbons (Fsp3) is 0.600. The van der Waals surface area contributed by atoms with Gasteiger partial charge in [0.25, 0.3) is 0 Å². The molecule has 2 rings (SSSR count). The Kier molecular flexibility index (Phi) is 5.33. The van der Waals surface area contributed by atoms with Gasteiger partial charge in [-0.3, -0.25) is 4.90 Å². The van der Waals surface area contributed by atoms with Crippen LogP contribution >= 0.6 is 11.6 Å². The smallest absolute Gasteiger partial charge is 0.119 e. The highest BCUT2D eigenvalue weighted by atomic mass is 35.5. The molecule has 0 bridgehead atoms. The van der Waals surface area contributed by atoms with Crippen LogP contribution in [0.25, 0.3) is 0 Å². The third-order valence-corrected chi connectivity index (χ3v) is 4.06. The second-order valence-corrected chi connectivity index (χ2v) is 5.71. The summed E-state index contributed by atoms with van der Waals surface area (Å²) in [7, 11) is 0. The van der Waals surface area contributed by atoms with E-state index in [0.717, 1.165) is 32.0 Å². The fourth-order valence-corrected chi connectivity index (χ4v) is 2.70. The van der Waals surface area contributed by atoms with E-state index in [9.17, 15) is 0 Å². The van der Waals surface area contributed by atoms with Gasteiger partial charge in [-0.05, 0) is 50.9 Å². The molecule has 1 aliphatic heterocycles. The van der Waals surface area contributed by atoms with Gasteiger partial charge >= 0.3 is 0 Å². The Morgan fingerprint density at radius 1 is 1.28 bits per heavy atom. The number of likely N-dealkylation sites (tertiary alicyclic amines) is 1. The van der Waals surface area contributed by atoms with Gasteiger partial charge < -0.3 is 4.74 Å². The Balaban J connectivity index is 1.64. The van der Waals surface area contributed by atoms with E-state index >= 15 is 0 Å². The zero-order valence-electron chi connectivity index (χ0n) is 11.0. The van der Waals surface area contributed by atoms with Crippen molar-refractivity contribution in [3.05, 3.63) is 30.3 Å². The van der Waals surface area contributed by atoms with Crippen LogP contribution in [0.5, 0.6) is 5.75 Å². The summed E-state index contributed by atoms with van der Waals surface area (Å²) in [6.07, 6.45) is 2.44. The molecule has 1 aliphatic rings. The number of halogens is 1. The summed E-state index contributed by atoms with van der Waals surface area (Å²) in [4.78, 5) is 2.47. The average molecular weight is 268 g/mol. The third kappa shape index (κ3) is 4.18. The van der Waals surface area contributed by atoms with E-state index in [0.29, 0.717) is 11.3 Å². The molecule has 0 radical (unpaired) electrons. The van der Waals surface area contributed by atoms with Crippen molar-refractivity contribution >= 4 is 11.6 Å². The van der Waals surface area contributed by atoms with Crippen LogP contribution in [-0.2, 0) is 0 Å². The second kappa shape index (κ2) is 7.01. The standard InChI is InChI=1S/C15H22ClNO/c1-13(16)14-7-9-17(10-8-14)11-12-18-15-5-3-2-4-6-15/h2-6,13-14H,7-12H2,1H3. The molecular weight excluding hydrogens is 246 g/mol. The largest absolute Gasteiger partial charge is 0.492 e. The lowest BCUT2D eigenvalue weighted by atomic mass is 9.94. The molecule has 1 atom stereocenters. The number of piperidine rings is 1. The second-order valence-electron chi connectivity index (χ2n) is 5.02. The molecule has 1 heterocycles. The maximum Gasteiger partial charge on any atom is 0.119 e. The predicted octanol–water partition coefficient (Wildman–Crippen LogP) is 3.40. The highest BCUT2D eigenvalue weighted by Gasteiger charge is 2.22. The Labute approximate surface area is 115 Å².